The number of hydrogen-bond donors (Lipinski definition) is 3. The van der Waals surface area contributed by atoms with E-state index in [1.807, 2.05) is 0 Å². The van der Waals surface area contributed by atoms with Crippen molar-refractivity contribution in [2.45, 2.75) is 13.5 Å². The number of aromatic nitrogens is 2. The zero-order chi connectivity index (χ0) is 15.2. The van der Waals surface area contributed by atoms with Crippen LogP contribution in [0.4, 0.5) is 10.5 Å². The molecule has 7 heteroatoms. The van der Waals surface area contributed by atoms with Crippen molar-refractivity contribution < 1.29 is 14.7 Å². The fraction of sp³-hybridized carbons (Fsp3) is 0.143. The van der Waals surface area contributed by atoms with Crippen LogP contribution in [0.2, 0.25) is 0 Å². The number of urea groups is 1. The van der Waals surface area contributed by atoms with Crippen LogP contribution in [0.25, 0.3) is 0 Å². The maximum Gasteiger partial charge on any atom is 0.335 e. The van der Waals surface area contributed by atoms with Gasteiger partial charge in [-0.1, -0.05) is 0 Å². The summed E-state index contributed by atoms with van der Waals surface area (Å²) < 4.78 is 0. The van der Waals surface area contributed by atoms with E-state index >= 15 is 0 Å². The summed E-state index contributed by atoms with van der Waals surface area (Å²) in [5.41, 5.74) is 2.01. The number of anilines is 1. The fourth-order valence-corrected chi connectivity index (χ4v) is 1.75. The zero-order valence-electron chi connectivity index (χ0n) is 11.3. The second-order valence-electron chi connectivity index (χ2n) is 4.34. The number of amides is 2. The highest BCUT2D eigenvalue weighted by Gasteiger charge is 2.08. The molecule has 1 aromatic heterocycles. The molecule has 0 bridgehead atoms. The third kappa shape index (κ3) is 4.00. The third-order valence-electron chi connectivity index (χ3n) is 2.79. The second kappa shape index (κ2) is 6.47. The van der Waals surface area contributed by atoms with Crippen LogP contribution < -0.4 is 10.6 Å². The normalized spacial score (nSPS) is 9.95. The summed E-state index contributed by atoms with van der Waals surface area (Å²) in [6.07, 6.45) is 3.00. The van der Waals surface area contributed by atoms with Crippen molar-refractivity contribution in [3.05, 3.63) is 53.6 Å². The number of nitrogens with zero attached hydrogens (tertiary/aromatic N) is 2. The summed E-state index contributed by atoms with van der Waals surface area (Å²) in [4.78, 5) is 30.4. The highest BCUT2D eigenvalue weighted by Crippen LogP contribution is 2.15. The number of carbonyl (C=O) groups excluding carboxylic acids is 1. The maximum atomic E-state index is 11.7. The molecule has 2 rings (SSSR count). The van der Waals surface area contributed by atoms with E-state index in [0.29, 0.717) is 16.9 Å². The molecule has 0 unspecified atom stereocenters. The minimum Gasteiger partial charge on any atom is -0.478 e. The molecule has 1 heterocycles. The first-order valence-corrected chi connectivity index (χ1v) is 6.20. The van der Waals surface area contributed by atoms with Crippen molar-refractivity contribution in [3.63, 3.8) is 0 Å². The SMILES string of the molecule is Cc1cc(NC(=O)NCc2ccncn2)ccc1C(=O)O. The molecule has 0 saturated carbocycles. The predicted octanol–water partition coefficient (Wildman–Crippen LogP) is 1.80. The van der Waals surface area contributed by atoms with Gasteiger partial charge in [-0.15, -0.1) is 0 Å². The molecule has 7 nitrogen and oxygen atoms in total. The smallest absolute Gasteiger partial charge is 0.335 e. The number of aryl methyl sites for hydroxylation is 1. The van der Waals surface area contributed by atoms with Crippen LogP contribution in [0.3, 0.4) is 0 Å². The van der Waals surface area contributed by atoms with Crippen LogP contribution in [0.1, 0.15) is 21.6 Å². The van der Waals surface area contributed by atoms with Crippen molar-refractivity contribution >= 4 is 17.7 Å². The van der Waals surface area contributed by atoms with Crippen molar-refractivity contribution in [1.82, 2.24) is 15.3 Å². The number of rotatable bonds is 4. The van der Waals surface area contributed by atoms with Gasteiger partial charge in [-0.3, -0.25) is 0 Å². The largest absolute Gasteiger partial charge is 0.478 e. The van der Waals surface area contributed by atoms with Crippen LogP contribution >= 0.6 is 0 Å². The second-order valence-corrected chi connectivity index (χ2v) is 4.34. The molecular weight excluding hydrogens is 272 g/mol. The fourth-order valence-electron chi connectivity index (χ4n) is 1.75. The van der Waals surface area contributed by atoms with Crippen LogP contribution in [0.5, 0.6) is 0 Å². The minimum atomic E-state index is -0.993. The van der Waals surface area contributed by atoms with Gasteiger partial charge in [-0.25, -0.2) is 19.6 Å². The summed E-state index contributed by atoms with van der Waals surface area (Å²) in [7, 11) is 0. The molecule has 0 aliphatic heterocycles. The standard InChI is InChI=1S/C14H14N4O3/c1-9-6-10(2-3-12(9)13(19)20)18-14(21)16-7-11-4-5-15-8-17-11/h2-6,8H,7H2,1H3,(H,19,20)(H2,16,18,21). The van der Waals surface area contributed by atoms with Crippen molar-refractivity contribution in [1.29, 1.82) is 0 Å². The molecule has 0 saturated heterocycles. The molecule has 0 spiro atoms. The Balaban J connectivity index is 1.94. The van der Waals surface area contributed by atoms with Crippen molar-refractivity contribution in [2.24, 2.45) is 0 Å². The number of carbonyl (C=O) groups is 2. The molecule has 21 heavy (non-hydrogen) atoms. The van der Waals surface area contributed by atoms with Gasteiger partial charge in [0.2, 0.25) is 0 Å². The minimum absolute atomic E-state index is 0.210. The van der Waals surface area contributed by atoms with Gasteiger partial charge < -0.3 is 15.7 Å². The Morgan fingerprint density at radius 2 is 2.10 bits per heavy atom. The van der Waals surface area contributed by atoms with Gasteiger partial charge in [-0.05, 0) is 36.8 Å². The molecule has 0 aliphatic rings. The van der Waals surface area contributed by atoms with E-state index in [0.717, 1.165) is 0 Å². The van der Waals surface area contributed by atoms with Crippen LogP contribution in [-0.4, -0.2) is 27.1 Å². The summed E-state index contributed by atoms with van der Waals surface area (Å²) in [5.74, 6) is -0.993. The Morgan fingerprint density at radius 1 is 1.29 bits per heavy atom. The van der Waals surface area contributed by atoms with Gasteiger partial charge in [0.05, 0.1) is 17.8 Å². The molecule has 2 amide bonds. The molecule has 108 valence electrons. The van der Waals surface area contributed by atoms with Crippen molar-refractivity contribution in [2.75, 3.05) is 5.32 Å². The predicted molar refractivity (Wildman–Crippen MR) is 76.0 cm³/mol. The van der Waals surface area contributed by atoms with Gasteiger partial charge in [-0.2, -0.15) is 0 Å². The molecule has 0 radical (unpaired) electrons. The number of carboxylic acid groups (broad SMARTS) is 1. The molecule has 1 aromatic carbocycles. The van der Waals surface area contributed by atoms with Gasteiger partial charge >= 0.3 is 12.0 Å². The molecule has 2 aromatic rings. The first-order valence-electron chi connectivity index (χ1n) is 6.20. The molecule has 3 N–H and O–H groups in total. The Bertz CT molecular complexity index is 659. The van der Waals surface area contributed by atoms with Crippen LogP contribution in [0.15, 0.2) is 36.8 Å². The van der Waals surface area contributed by atoms with Crippen molar-refractivity contribution in [3.8, 4) is 0 Å². The van der Waals surface area contributed by atoms with Gasteiger partial charge in [0.1, 0.15) is 6.33 Å². The first kappa shape index (κ1) is 14.4. The lowest BCUT2D eigenvalue weighted by molar-refractivity contribution is 0.0696. The summed E-state index contributed by atoms with van der Waals surface area (Å²) in [6, 6.07) is 5.91. The van der Waals surface area contributed by atoms with E-state index in [-0.39, 0.29) is 12.1 Å². The lowest BCUT2D eigenvalue weighted by Gasteiger charge is -2.09. The van der Waals surface area contributed by atoms with Gasteiger partial charge in [0.25, 0.3) is 0 Å². The third-order valence-corrected chi connectivity index (χ3v) is 2.79. The highest BCUT2D eigenvalue weighted by molar-refractivity contribution is 5.92. The molecule has 0 fully saturated rings. The monoisotopic (exact) mass is 286 g/mol. The van der Waals surface area contributed by atoms with Gasteiger partial charge in [0.15, 0.2) is 0 Å². The lowest BCUT2D eigenvalue weighted by Crippen LogP contribution is -2.28. The zero-order valence-corrected chi connectivity index (χ0v) is 11.3. The Hall–Kier alpha value is -2.96. The van der Waals surface area contributed by atoms with Crippen LogP contribution in [0, 0.1) is 6.92 Å². The number of carboxylic acids is 1. The Morgan fingerprint density at radius 3 is 2.71 bits per heavy atom. The summed E-state index contributed by atoms with van der Waals surface area (Å²) >= 11 is 0. The van der Waals surface area contributed by atoms with E-state index < -0.39 is 12.0 Å². The average Bonchev–Trinajstić information content (AvgIpc) is 2.46. The first-order chi connectivity index (χ1) is 10.1. The van der Waals surface area contributed by atoms with E-state index in [1.54, 1.807) is 31.3 Å². The van der Waals surface area contributed by atoms with E-state index in [2.05, 4.69) is 20.6 Å². The summed E-state index contributed by atoms with van der Waals surface area (Å²) in [5, 5.41) is 14.2. The Kier molecular flexibility index (Phi) is 4.45. The number of hydrogen-bond acceptors (Lipinski definition) is 4. The number of nitrogens with one attached hydrogen (secondary N) is 2. The lowest BCUT2D eigenvalue weighted by atomic mass is 10.1. The quantitative estimate of drug-likeness (QED) is 0.795. The maximum absolute atomic E-state index is 11.7. The van der Waals surface area contributed by atoms with Gasteiger partial charge in [0, 0.05) is 11.9 Å². The molecule has 0 aliphatic carbocycles. The van der Waals surface area contributed by atoms with E-state index in [4.69, 9.17) is 5.11 Å². The highest BCUT2D eigenvalue weighted by atomic mass is 16.4. The van der Waals surface area contributed by atoms with E-state index in [9.17, 15) is 9.59 Å². The Labute approximate surface area is 121 Å². The topological polar surface area (TPSA) is 104 Å². The van der Waals surface area contributed by atoms with E-state index in [1.165, 1.54) is 12.4 Å². The number of benzene rings is 1. The number of aromatic carboxylic acids is 1. The molecular formula is C14H14N4O3. The summed E-state index contributed by atoms with van der Waals surface area (Å²) in [6.45, 7) is 1.95. The average molecular weight is 286 g/mol. The van der Waals surface area contributed by atoms with Crippen LogP contribution in [-0.2, 0) is 6.54 Å². The molecule has 0 atom stereocenters.